The van der Waals surface area contributed by atoms with E-state index in [2.05, 4.69) is 26.4 Å². The largest absolute Gasteiger partial charge is 0.348 e. The molecule has 8 nitrogen and oxygen atoms in total. The van der Waals surface area contributed by atoms with E-state index in [1.165, 1.54) is 19.3 Å². The van der Waals surface area contributed by atoms with Gasteiger partial charge < -0.3 is 10.3 Å². The molecule has 2 N–H and O–H groups in total. The quantitative estimate of drug-likeness (QED) is 0.398. The number of carbonyl (C=O) groups excluding carboxylic acids is 1. The normalized spacial score (nSPS) is 14.4. The topological polar surface area (TPSA) is 106 Å². The number of aromatic nitrogens is 5. The maximum atomic E-state index is 13.6. The predicted octanol–water partition coefficient (Wildman–Crippen LogP) is 5.05. The van der Waals surface area contributed by atoms with Crippen molar-refractivity contribution in [1.82, 2.24) is 30.0 Å². The SMILES string of the molecule is Cc1cc(C2CCCCC2)c(CNC(=O)c2cc(-c3ccncc3)nc3c2cnn3C(C)C)c(=O)[nH]1. The summed E-state index contributed by atoms with van der Waals surface area (Å²) in [6.45, 7) is 6.15. The summed E-state index contributed by atoms with van der Waals surface area (Å²) in [4.78, 5) is 38.3. The molecule has 36 heavy (non-hydrogen) atoms. The van der Waals surface area contributed by atoms with E-state index in [0.717, 1.165) is 29.7 Å². The number of H-pyrrole nitrogens is 1. The van der Waals surface area contributed by atoms with E-state index in [-0.39, 0.29) is 24.1 Å². The van der Waals surface area contributed by atoms with Crippen LogP contribution in [-0.4, -0.2) is 30.6 Å². The molecule has 0 aliphatic heterocycles. The van der Waals surface area contributed by atoms with Crippen LogP contribution in [0, 0.1) is 6.92 Å². The van der Waals surface area contributed by atoms with Crippen molar-refractivity contribution in [2.45, 2.75) is 71.4 Å². The summed E-state index contributed by atoms with van der Waals surface area (Å²) >= 11 is 0. The highest BCUT2D eigenvalue weighted by molar-refractivity contribution is 6.06. The molecule has 1 amide bonds. The number of rotatable bonds is 6. The molecule has 0 atom stereocenters. The fourth-order valence-electron chi connectivity index (χ4n) is 5.22. The summed E-state index contributed by atoms with van der Waals surface area (Å²) in [7, 11) is 0. The zero-order valence-corrected chi connectivity index (χ0v) is 21.0. The van der Waals surface area contributed by atoms with Crippen LogP contribution in [0.25, 0.3) is 22.3 Å². The minimum absolute atomic E-state index is 0.0859. The minimum Gasteiger partial charge on any atom is -0.348 e. The number of hydrogen-bond acceptors (Lipinski definition) is 5. The Hall–Kier alpha value is -3.81. The summed E-state index contributed by atoms with van der Waals surface area (Å²) in [6, 6.07) is 7.70. The molecular weight excluding hydrogens is 452 g/mol. The second-order valence-electron chi connectivity index (χ2n) is 9.94. The third-order valence-electron chi connectivity index (χ3n) is 7.05. The first-order valence-corrected chi connectivity index (χ1v) is 12.7. The van der Waals surface area contributed by atoms with Gasteiger partial charge in [-0.15, -0.1) is 0 Å². The number of hydrogen-bond donors (Lipinski definition) is 2. The van der Waals surface area contributed by atoms with E-state index in [4.69, 9.17) is 4.98 Å². The Morgan fingerprint density at radius 1 is 1.17 bits per heavy atom. The molecule has 1 aliphatic rings. The number of aromatic amines is 1. The number of fused-ring (bicyclic) bond motifs is 1. The summed E-state index contributed by atoms with van der Waals surface area (Å²) < 4.78 is 1.82. The highest BCUT2D eigenvalue weighted by Gasteiger charge is 2.23. The van der Waals surface area contributed by atoms with Crippen LogP contribution in [0.4, 0.5) is 0 Å². The fraction of sp³-hybridized carbons (Fsp3) is 0.393. The van der Waals surface area contributed by atoms with Crippen molar-refractivity contribution in [3.05, 3.63) is 75.6 Å². The zero-order valence-electron chi connectivity index (χ0n) is 21.0. The lowest BCUT2D eigenvalue weighted by Crippen LogP contribution is -2.29. The monoisotopic (exact) mass is 484 g/mol. The van der Waals surface area contributed by atoms with Gasteiger partial charge in [0.2, 0.25) is 0 Å². The van der Waals surface area contributed by atoms with Crippen molar-refractivity contribution in [3.63, 3.8) is 0 Å². The predicted molar refractivity (Wildman–Crippen MR) is 140 cm³/mol. The molecule has 4 heterocycles. The molecule has 1 fully saturated rings. The third kappa shape index (κ3) is 4.67. The van der Waals surface area contributed by atoms with E-state index in [1.807, 2.05) is 37.6 Å². The Balaban J connectivity index is 1.51. The van der Waals surface area contributed by atoms with Crippen LogP contribution < -0.4 is 10.9 Å². The van der Waals surface area contributed by atoms with Crippen molar-refractivity contribution in [3.8, 4) is 11.3 Å². The molecule has 0 saturated heterocycles. The Bertz CT molecular complexity index is 1450. The first-order chi connectivity index (χ1) is 17.4. The molecule has 0 unspecified atom stereocenters. The number of pyridine rings is 3. The lowest BCUT2D eigenvalue weighted by atomic mass is 9.82. The van der Waals surface area contributed by atoms with Crippen LogP contribution in [-0.2, 0) is 6.54 Å². The van der Waals surface area contributed by atoms with Gasteiger partial charge in [-0.1, -0.05) is 19.3 Å². The van der Waals surface area contributed by atoms with Crippen molar-refractivity contribution in [2.24, 2.45) is 0 Å². The second kappa shape index (κ2) is 10.0. The Morgan fingerprint density at radius 2 is 1.92 bits per heavy atom. The summed E-state index contributed by atoms with van der Waals surface area (Å²) in [5.74, 6) is 0.109. The molecule has 186 valence electrons. The van der Waals surface area contributed by atoms with Gasteiger partial charge >= 0.3 is 0 Å². The fourth-order valence-corrected chi connectivity index (χ4v) is 5.22. The Kier molecular flexibility index (Phi) is 6.67. The first-order valence-electron chi connectivity index (χ1n) is 12.7. The van der Waals surface area contributed by atoms with E-state index >= 15 is 0 Å². The summed E-state index contributed by atoms with van der Waals surface area (Å²) in [5.41, 5.74) is 5.14. The van der Waals surface area contributed by atoms with Gasteiger partial charge in [0.25, 0.3) is 11.5 Å². The Labute approximate surface area is 210 Å². The van der Waals surface area contributed by atoms with Crippen LogP contribution in [0.3, 0.4) is 0 Å². The maximum Gasteiger partial charge on any atom is 0.253 e. The van der Waals surface area contributed by atoms with Crippen molar-refractivity contribution < 1.29 is 4.79 Å². The molecule has 5 rings (SSSR count). The number of amides is 1. The minimum atomic E-state index is -0.254. The standard InChI is InChI=1S/C28H32N6O2/c1-17(2)34-26-23(16-31-34)22(14-25(33-26)20-9-11-29-12-10-20)27(35)30-15-24-21(13-18(3)32-28(24)36)19-7-5-4-6-8-19/h9-14,16-17,19H,4-8,15H2,1-3H3,(H,30,35)(H,32,36). The van der Waals surface area contributed by atoms with Gasteiger partial charge in [0.15, 0.2) is 5.65 Å². The van der Waals surface area contributed by atoms with E-state index in [1.54, 1.807) is 24.7 Å². The van der Waals surface area contributed by atoms with Crippen LogP contribution >= 0.6 is 0 Å². The number of nitrogens with one attached hydrogen (secondary N) is 2. The van der Waals surface area contributed by atoms with Gasteiger partial charge in [-0.3, -0.25) is 14.6 Å². The molecule has 4 aromatic rings. The molecule has 0 aromatic carbocycles. The van der Waals surface area contributed by atoms with Crippen molar-refractivity contribution >= 4 is 16.9 Å². The zero-order chi connectivity index (χ0) is 25.2. The third-order valence-corrected chi connectivity index (χ3v) is 7.05. The van der Waals surface area contributed by atoms with Gasteiger partial charge in [-0.05, 0) is 69.4 Å². The lowest BCUT2D eigenvalue weighted by molar-refractivity contribution is 0.0952. The summed E-state index contributed by atoms with van der Waals surface area (Å²) in [5, 5.41) is 8.21. The lowest BCUT2D eigenvalue weighted by Gasteiger charge is -2.24. The van der Waals surface area contributed by atoms with Gasteiger partial charge in [-0.2, -0.15) is 5.10 Å². The first kappa shape index (κ1) is 23.9. The highest BCUT2D eigenvalue weighted by atomic mass is 16.1. The van der Waals surface area contributed by atoms with E-state index in [9.17, 15) is 9.59 Å². The van der Waals surface area contributed by atoms with Crippen LogP contribution in [0.1, 0.15) is 85.1 Å². The molecular formula is C28H32N6O2. The van der Waals surface area contributed by atoms with Gasteiger partial charge in [0.05, 0.1) is 22.8 Å². The molecule has 0 spiro atoms. The van der Waals surface area contributed by atoms with Crippen LogP contribution in [0.15, 0.2) is 47.7 Å². The van der Waals surface area contributed by atoms with Gasteiger partial charge in [0, 0.05) is 41.8 Å². The second-order valence-corrected chi connectivity index (χ2v) is 9.94. The number of nitrogens with zero attached hydrogens (tertiary/aromatic N) is 4. The highest BCUT2D eigenvalue weighted by Crippen LogP contribution is 2.34. The average Bonchev–Trinajstić information content (AvgIpc) is 3.32. The van der Waals surface area contributed by atoms with Crippen LogP contribution in [0.2, 0.25) is 0 Å². The van der Waals surface area contributed by atoms with Gasteiger partial charge in [-0.25, -0.2) is 9.67 Å². The smallest absolute Gasteiger partial charge is 0.253 e. The van der Waals surface area contributed by atoms with Gasteiger partial charge in [0.1, 0.15) is 0 Å². The van der Waals surface area contributed by atoms with E-state index in [0.29, 0.717) is 33.8 Å². The molecule has 1 saturated carbocycles. The maximum absolute atomic E-state index is 13.6. The number of aryl methyl sites for hydroxylation is 1. The average molecular weight is 485 g/mol. The Morgan fingerprint density at radius 3 is 2.64 bits per heavy atom. The summed E-state index contributed by atoms with van der Waals surface area (Å²) in [6.07, 6.45) is 10.9. The van der Waals surface area contributed by atoms with Crippen LogP contribution in [0.5, 0.6) is 0 Å². The molecule has 1 aliphatic carbocycles. The molecule has 8 heteroatoms. The van der Waals surface area contributed by atoms with Crippen molar-refractivity contribution in [2.75, 3.05) is 0 Å². The van der Waals surface area contributed by atoms with E-state index < -0.39 is 0 Å². The molecule has 0 radical (unpaired) electrons. The van der Waals surface area contributed by atoms with Crippen molar-refractivity contribution in [1.29, 1.82) is 0 Å². The molecule has 4 aromatic heterocycles. The molecule has 0 bridgehead atoms. The number of carbonyl (C=O) groups is 1.